The summed E-state index contributed by atoms with van der Waals surface area (Å²) in [7, 11) is 1.64. The van der Waals surface area contributed by atoms with E-state index in [9.17, 15) is 15.0 Å². The van der Waals surface area contributed by atoms with E-state index in [0.717, 1.165) is 28.0 Å². The quantitative estimate of drug-likeness (QED) is 0.475. The number of carbonyl (C=O) groups is 1. The Hall–Kier alpha value is -2.02. The van der Waals surface area contributed by atoms with Gasteiger partial charge in [-0.1, -0.05) is 24.3 Å². The Balaban J connectivity index is 1.72. The number of fused-ring (bicyclic) bond motifs is 1. The molecule has 0 spiro atoms. The van der Waals surface area contributed by atoms with Gasteiger partial charge < -0.3 is 20.3 Å². The van der Waals surface area contributed by atoms with Crippen molar-refractivity contribution in [3.05, 3.63) is 53.6 Å². The third kappa shape index (κ3) is 4.77. The molecule has 1 aliphatic rings. The largest absolute Gasteiger partial charge is 0.497 e. The zero-order valence-electron chi connectivity index (χ0n) is 16.7. The Morgan fingerprint density at radius 3 is 2.62 bits per heavy atom. The standard InChI is InChI=1S/C23H29NO4S/c1-28-19-8-6-16(7-9-19)17-4-5-18-14-23(15-25,22(27)20(18)13-17)10-2-3-21(26)24-11-12-29/h4-9,13,22,25,27,29H,2-3,10-12,14-15H2,1H3,(H,24,26)/t22-,23+/m0/s1. The van der Waals surface area contributed by atoms with Gasteiger partial charge in [0.25, 0.3) is 0 Å². The average Bonchev–Trinajstić information content (AvgIpc) is 3.04. The van der Waals surface area contributed by atoms with Gasteiger partial charge in [-0.2, -0.15) is 12.6 Å². The molecular formula is C23H29NO4S. The highest BCUT2D eigenvalue weighted by Crippen LogP contribution is 2.49. The number of aliphatic hydroxyl groups excluding tert-OH is 2. The highest BCUT2D eigenvalue weighted by Gasteiger charge is 2.44. The first-order chi connectivity index (χ1) is 14.0. The lowest BCUT2D eigenvalue weighted by Gasteiger charge is -2.31. The molecule has 0 aliphatic heterocycles. The molecule has 5 nitrogen and oxygen atoms in total. The van der Waals surface area contributed by atoms with Gasteiger partial charge >= 0.3 is 0 Å². The summed E-state index contributed by atoms with van der Waals surface area (Å²) < 4.78 is 5.21. The van der Waals surface area contributed by atoms with E-state index in [2.05, 4.69) is 17.9 Å². The highest BCUT2D eigenvalue weighted by molar-refractivity contribution is 7.80. The van der Waals surface area contributed by atoms with Crippen molar-refractivity contribution in [2.75, 3.05) is 26.0 Å². The van der Waals surface area contributed by atoms with Gasteiger partial charge in [0.15, 0.2) is 0 Å². The van der Waals surface area contributed by atoms with Crippen LogP contribution < -0.4 is 10.1 Å². The topological polar surface area (TPSA) is 78.8 Å². The van der Waals surface area contributed by atoms with Gasteiger partial charge in [-0.3, -0.25) is 4.79 Å². The number of ether oxygens (including phenoxy) is 1. The van der Waals surface area contributed by atoms with Crippen LogP contribution in [0.2, 0.25) is 0 Å². The number of carbonyl (C=O) groups excluding carboxylic acids is 1. The van der Waals surface area contributed by atoms with E-state index in [0.29, 0.717) is 38.0 Å². The molecule has 0 heterocycles. The van der Waals surface area contributed by atoms with Crippen LogP contribution in [-0.2, 0) is 11.2 Å². The fourth-order valence-electron chi connectivity index (χ4n) is 4.11. The van der Waals surface area contributed by atoms with Crippen LogP contribution in [0.25, 0.3) is 11.1 Å². The van der Waals surface area contributed by atoms with E-state index in [1.807, 2.05) is 42.5 Å². The molecule has 0 saturated heterocycles. The van der Waals surface area contributed by atoms with Crippen LogP contribution in [0.1, 0.15) is 36.5 Å². The molecule has 0 radical (unpaired) electrons. The minimum Gasteiger partial charge on any atom is -0.497 e. The summed E-state index contributed by atoms with van der Waals surface area (Å²) in [5, 5.41) is 24.0. The Morgan fingerprint density at radius 1 is 1.24 bits per heavy atom. The molecule has 2 aromatic carbocycles. The molecule has 0 bridgehead atoms. The van der Waals surface area contributed by atoms with E-state index in [-0.39, 0.29) is 12.5 Å². The van der Waals surface area contributed by atoms with Crippen molar-refractivity contribution in [2.24, 2.45) is 5.41 Å². The average molecular weight is 416 g/mol. The third-order valence-corrected chi connectivity index (χ3v) is 6.04. The first-order valence-corrected chi connectivity index (χ1v) is 10.6. The lowest BCUT2D eigenvalue weighted by atomic mass is 9.78. The summed E-state index contributed by atoms with van der Waals surface area (Å²) in [6, 6.07) is 13.9. The molecular weight excluding hydrogens is 386 g/mol. The number of thiol groups is 1. The zero-order valence-corrected chi connectivity index (χ0v) is 17.6. The van der Waals surface area contributed by atoms with Crippen LogP contribution in [0.5, 0.6) is 5.75 Å². The van der Waals surface area contributed by atoms with E-state index >= 15 is 0 Å². The van der Waals surface area contributed by atoms with Gasteiger partial charge in [0.1, 0.15) is 5.75 Å². The number of amides is 1. The number of aliphatic hydroxyl groups is 2. The Morgan fingerprint density at radius 2 is 1.97 bits per heavy atom. The summed E-state index contributed by atoms with van der Waals surface area (Å²) in [6.07, 6.45) is 1.46. The van der Waals surface area contributed by atoms with Gasteiger partial charge in [-0.05, 0) is 59.7 Å². The fraction of sp³-hybridized carbons (Fsp3) is 0.435. The maximum atomic E-state index is 11.8. The molecule has 3 N–H and O–H groups in total. The number of benzene rings is 2. The summed E-state index contributed by atoms with van der Waals surface area (Å²) in [5.41, 5.74) is 3.36. The lowest BCUT2D eigenvalue weighted by molar-refractivity contribution is -0.121. The SMILES string of the molecule is COc1ccc(-c2ccc3c(c2)[C@H](O)[C@](CO)(CCCC(=O)NCCS)C3)cc1. The number of rotatable bonds is 9. The Kier molecular flexibility index (Phi) is 7.22. The van der Waals surface area contributed by atoms with Crippen LogP contribution in [0.4, 0.5) is 0 Å². The lowest BCUT2D eigenvalue weighted by Crippen LogP contribution is -2.31. The van der Waals surface area contributed by atoms with Gasteiger partial charge in [-0.15, -0.1) is 0 Å². The summed E-state index contributed by atoms with van der Waals surface area (Å²) in [4.78, 5) is 11.8. The van der Waals surface area contributed by atoms with Gasteiger partial charge in [-0.25, -0.2) is 0 Å². The second-order valence-electron chi connectivity index (χ2n) is 7.67. The summed E-state index contributed by atoms with van der Waals surface area (Å²) in [5.74, 6) is 1.39. The maximum Gasteiger partial charge on any atom is 0.220 e. The molecule has 1 aliphatic carbocycles. The number of nitrogens with one attached hydrogen (secondary N) is 1. The predicted octanol–water partition coefficient (Wildman–Crippen LogP) is 3.15. The minimum absolute atomic E-state index is 0.0149. The van der Waals surface area contributed by atoms with Crippen molar-refractivity contribution in [1.29, 1.82) is 0 Å². The molecule has 0 saturated carbocycles. The second kappa shape index (κ2) is 9.65. The Labute approximate surface area is 177 Å². The van der Waals surface area contributed by atoms with Crippen molar-refractivity contribution >= 4 is 18.5 Å². The first-order valence-electron chi connectivity index (χ1n) is 9.97. The van der Waals surface area contributed by atoms with Crippen LogP contribution in [0, 0.1) is 5.41 Å². The van der Waals surface area contributed by atoms with E-state index in [1.54, 1.807) is 7.11 Å². The van der Waals surface area contributed by atoms with E-state index in [1.165, 1.54) is 0 Å². The highest BCUT2D eigenvalue weighted by atomic mass is 32.1. The van der Waals surface area contributed by atoms with Crippen LogP contribution >= 0.6 is 12.6 Å². The molecule has 3 rings (SSSR count). The summed E-state index contributed by atoms with van der Waals surface area (Å²) >= 11 is 4.08. The zero-order chi connectivity index (χ0) is 20.9. The van der Waals surface area contributed by atoms with Gasteiger partial charge in [0, 0.05) is 24.1 Å². The van der Waals surface area contributed by atoms with Crippen molar-refractivity contribution in [3.63, 3.8) is 0 Å². The monoisotopic (exact) mass is 415 g/mol. The normalized spacial score (nSPS) is 20.3. The number of methoxy groups -OCH3 is 1. The maximum absolute atomic E-state index is 11.8. The van der Waals surface area contributed by atoms with E-state index in [4.69, 9.17) is 4.74 Å². The van der Waals surface area contributed by atoms with Crippen molar-refractivity contribution in [3.8, 4) is 16.9 Å². The molecule has 29 heavy (non-hydrogen) atoms. The van der Waals surface area contributed by atoms with Gasteiger partial charge in [0.2, 0.25) is 5.91 Å². The molecule has 6 heteroatoms. The molecule has 2 atom stereocenters. The molecule has 1 amide bonds. The predicted molar refractivity (Wildman–Crippen MR) is 117 cm³/mol. The Bertz CT molecular complexity index is 839. The first kappa shape index (κ1) is 21.7. The van der Waals surface area contributed by atoms with Crippen LogP contribution in [0.15, 0.2) is 42.5 Å². The third-order valence-electron chi connectivity index (χ3n) is 5.81. The smallest absolute Gasteiger partial charge is 0.220 e. The van der Waals surface area contributed by atoms with Crippen LogP contribution in [0.3, 0.4) is 0 Å². The molecule has 156 valence electrons. The van der Waals surface area contributed by atoms with Crippen molar-refractivity contribution < 1.29 is 19.7 Å². The molecule has 0 aromatic heterocycles. The molecule has 2 aromatic rings. The summed E-state index contributed by atoms with van der Waals surface area (Å²) in [6.45, 7) is 0.439. The number of hydrogen-bond donors (Lipinski definition) is 4. The van der Waals surface area contributed by atoms with Gasteiger partial charge in [0.05, 0.1) is 19.8 Å². The van der Waals surface area contributed by atoms with Crippen molar-refractivity contribution in [1.82, 2.24) is 5.32 Å². The second-order valence-corrected chi connectivity index (χ2v) is 8.12. The molecule has 0 unspecified atom stereocenters. The van der Waals surface area contributed by atoms with E-state index < -0.39 is 11.5 Å². The number of hydrogen-bond acceptors (Lipinski definition) is 5. The molecule has 0 fully saturated rings. The fourth-order valence-corrected chi connectivity index (χ4v) is 4.22. The van der Waals surface area contributed by atoms with Crippen molar-refractivity contribution in [2.45, 2.75) is 31.8 Å². The minimum atomic E-state index is -0.749. The van der Waals surface area contributed by atoms with Crippen LogP contribution in [-0.4, -0.2) is 42.1 Å².